The van der Waals surface area contributed by atoms with Crippen molar-refractivity contribution in [3.05, 3.63) is 107 Å². The van der Waals surface area contributed by atoms with Crippen LogP contribution in [0.2, 0.25) is 0 Å². The molecule has 0 aliphatic rings. The topological polar surface area (TPSA) is 121 Å². The molecule has 0 fully saturated rings. The van der Waals surface area contributed by atoms with E-state index in [1.165, 1.54) is 23.3 Å². The Kier molecular flexibility index (Phi) is 10.8. The molecule has 0 saturated carbocycles. The number of aliphatic hydroxyl groups excluding tert-OH is 6. The molecule has 0 radical (unpaired) electrons. The Labute approximate surface area is 247 Å². The molecule has 42 heavy (non-hydrogen) atoms. The molecule has 0 aliphatic heterocycles. The van der Waals surface area contributed by atoms with Crippen molar-refractivity contribution < 1.29 is 30.6 Å². The number of benzene rings is 4. The average molecular weight is 571 g/mol. The van der Waals surface area contributed by atoms with E-state index in [0.29, 0.717) is 11.1 Å². The highest BCUT2D eigenvalue weighted by Gasteiger charge is 2.34. The first kappa shape index (κ1) is 31.3. The molecule has 0 unspecified atom stereocenters. The zero-order chi connectivity index (χ0) is 30.2. The van der Waals surface area contributed by atoms with Crippen LogP contribution in [0.4, 0.5) is 0 Å². The van der Waals surface area contributed by atoms with Gasteiger partial charge in [-0.15, -0.1) is 0 Å². The summed E-state index contributed by atoms with van der Waals surface area (Å²) in [5.74, 6) is -1.15. The lowest BCUT2D eigenvalue weighted by molar-refractivity contribution is -0.0996. The van der Waals surface area contributed by atoms with Crippen molar-refractivity contribution in [3.63, 3.8) is 0 Å². The number of fused-ring (bicyclic) bond motifs is 2. The van der Waals surface area contributed by atoms with Gasteiger partial charge < -0.3 is 30.6 Å². The van der Waals surface area contributed by atoms with Crippen molar-refractivity contribution in [2.75, 3.05) is 0 Å². The average Bonchev–Trinajstić information content (AvgIpc) is 3.01. The summed E-state index contributed by atoms with van der Waals surface area (Å²) in [6, 6.07) is 23.4. The van der Waals surface area contributed by atoms with Crippen LogP contribution >= 0.6 is 0 Å². The third-order valence-electron chi connectivity index (χ3n) is 7.80. The summed E-state index contributed by atoms with van der Waals surface area (Å²) in [4.78, 5) is 0. The van der Waals surface area contributed by atoms with E-state index in [2.05, 4.69) is 26.0 Å². The lowest BCUT2D eigenvalue weighted by Crippen LogP contribution is -2.45. The molecule has 0 heterocycles. The summed E-state index contributed by atoms with van der Waals surface area (Å²) >= 11 is 0. The number of hydrogen-bond acceptors (Lipinski definition) is 6. The Bertz CT molecular complexity index is 1440. The van der Waals surface area contributed by atoms with Crippen LogP contribution in [0, 0.1) is 0 Å². The first-order valence-corrected chi connectivity index (χ1v) is 14.8. The quantitative estimate of drug-likeness (QED) is 0.101. The lowest BCUT2D eigenvalue weighted by atomic mass is 9.96. The summed E-state index contributed by atoms with van der Waals surface area (Å²) in [5, 5.41) is 67.5. The third kappa shape index (κ3) is 7.39. The number of rotatable bonds is 13. The molecule has 0 aliphatic carbocycles. The van der Waals surface area contributed by atoms with Crippen molar-refractivity contribution in [2.24, 2.45) is 0 Å². The number of aliphatic hydroxyl groups is 6. The van der Waals surface area contributed by atoms with Gasteiger partial charge >= 0.3 is 0 Å². The summed E-state index contributed by atoms with van der Waals surface area (Å²) in [6.07, 6.45) is 1.26. The van der Waals surface area contributed by atoms with Crippen LogP contribution in [0.1, 0.15) is 61.8 Å². The third-order valence-corrected chi connectivity index (χ3v) is 7.80. The monoisotopic (exact) mass is 570 g/mol. The second-order valence-electron chi connectivity index (χ2n) is 11.0. The first-order valence-electron chi connectivity index (χ1n) is 14.8. The second-order valence-corrected chi connectivity index (χ2v) is 11.0. The van der Waals surface area contributed by atoms with Crippen molar-refractivity contribution >= 4 is 33.7 Å². The van der Waals surface area contributed by atoms with E-state index >= 15 is 0 Å². The fourth-order valence-electron chi connectivity index (χ4n) is 5.25. The predicted molar refractivity (Wildman–Crippen MR) is 170 cm³/mol. The molecule has 0 amide bonds. The van der Waals surface area contributed by atoms with Gasteiger partial charge in [-0.05, 0) is 81.6 Å². The highest BCUT2D eigenvalue weighted by atomic mass is 16.4. The van der Waals surface area contributed by atoms with E-state index in [4.69, 9.17) is 0 Å². The van der Waals surface area contributed by atoms with Crippen LogP contribution in [-0.2, 0) is 12.8 Å². The van der Waals surface area contributed by atoms with E-state index in [9.17, 15) is 30.6 Å². The normalized spacial score (nSPS) is 15.6. The summed E-state index contributed by atoms with van der Waals surface area (Å²) in [7, 11) is 0. The van der Waals surface area contributed by atoms with Gasteiger partial charge in [0.1, 0.15) is 35.9 Å². The van der Waals surface area contributed by atoms with Crippen LogP contribution in [0.25, 0.3) is 33.7 Å². The maximum absolute atomic E-state index is 10.7. The zero-order valence-electron chi connectivity index (χ0n) is 24.3. The Hall–Kier alpha value is -3.68. The highest BCUT2D eigenvalue weighted by Crippen LogP contribution is 2.26. The molecule has 4 atom stereocenters. The molecule has 4 aromatic carbocycles. The molecular weight excluding hydrogens is 528 g/mol. The molecule has 6 N–H and O–H groups in total. The van der Waals surface area contributed by atoms with Crippen LogP contribution in [0.3, 0.4) is 0 Å². The van der Waals surface area contributed by atoms with Crippen molar-refractivity contribution in [1.29, 1.82) is 0 Å². The molecule has 6 heteroatoms. The maximum atomic E-state index is 10.7. The number of hydrogen-bond donors (Lipinski definition) is 6. The van der Waals surface area contributed by atoms with Crippen LogP contribution in [-0.4, -0.2) is 55.1 Å². The van der Waals surface area contributed by atoms with Gasteiger partial charge in [0, 0.05) is 0 Å². The smallest absolute Gasteiger partial charge is 0.139 e. The van der Waals surface area contributed by atoms with Gasteiger partial charge in [-0.3, -0.25) is 0 Å². The molecule has 0 aromatic heterocycles. The Morgan fingerprint density at radius 1 is 0.595 bits per heavy atom. The van der Waals surface area contributed by atoms with Crippen molar-refractivity contribution in [3.8, 4) is 0 Å². The highest BCUT2D eigenvalue weighted by molar-refractivity contribution is 5.92. The lowest BCUT2D eigenvalue weighted by Gasteiger charge is -2.26. The Balaban J connectivity index is 1.50. The van der Waals surface area contributed by atoms with E-state index in [1.54, 1.807) is 12.1 Å². The maximum Gasteiger partial charge on any atom is 0.139 e. The minimum Gasteiger partial charge on any atom is -0.509 e. The molecule has 4 rings (SSSR count). The van der Waals surface area contributed by atoms with Gasteiger partial charge in [0.2, 0.25) is 0 Å². The standard InChI is InChI=1S/C36H42O6/c1-3-5-9-23-15-17-29-25(19-23)11-7-13-27(29)21-31(37)33(39)35(41)36(42)34(40)32(38)22-28-14-8-12-26-20-24(10-6-4-2)16-18-30(26)28/h7-8,11-22,33-42H,3-6,9-10H2,1-2H3/t33-,34-,35-,36-/m1/s1. The molecule has 0 saturated heterocycles. The number of unbranched alkanes of at least 4 members (excludes halogenated alkanes) is 2. The molecular formula is C36H42O6. The van der Waals surface area contributed by atoms with E-state index < -0.39 is 35.9 Å². The summed E-state index contributed by atoms with van der Waals surface area (Å²) in [5.41, 5.74) is 3.69. The van der Waals surface area contributed by atoms with E-state index in [0.717, 1.165) is 60.1 Å². The van der Waals surface area contributed by atoms with E-state index in [-0.39, 0.29) is 0 Å². The minimum absolute atomic E-state index is 0.576. The summed E-state index contributed by atoms with van der Waals surface area (Å²) < 4.78 is 0. The van der Waals surface area contributed by atoms with Crippen LogP contribution in [0.15, 0.2) is 84.3 Å². The predicted octanol–water partition coefficient (Wildman–Crippen LogP) is 6.62. The van der Waals surface area contributed by atoms with Crippen LogP contribution < -0.4 is 0 Å². The first-order chi connectivity index (χ1) is 20.2. The van der Waals surface area contributed by atoms with Gasteiger partial charge in [0.25, 0.3) is 0 Å². The second kappa shape index (κ2) is 14.5. The van der Waals surface area contributed by atoms with E-state index in [1.807, 2.05) is 48.5 Å². The fourth-order valence-corrected chi connectivity index (χ4v) is 5.25. The van der Waals surface area contributed by atoms with Crippen LogP contribution in [0.5, 0.6) is 0 Å². The zero-order valence-corrected chi connectivity index (χ0v) is 24.3. The molecule has 4 aromatic rings. The largest absolute Gasteiger partial charge is 0.509 e. The molecule has 6 nitrogen and oxygen atoms in total. The fraction of sp³-hybridized carbons (Fsp3) is 0.333. The number of aryl methyl sites for hydroxylation is 2. The van der Waals surface area contributed by atoms with Crippen molar-refractivity contribution in [2.45, 2.75) is 76.8 Å². The Morgan fingerprint density at radius 3 is 1.38 bits per heavy atom. The van der Waals surface area contributed by atoms with Gasteiger partial charge in [-0.25, -0.2) is 0 Å². The van der Waals surface area contributed by atoms with Crippen molar-refractivity contribution in [1.82, 2.24) is 0 Å². The van der Waals surface area contributed by atoms with Gasteiger partial charge in [0.15, 0.2) is 0 Å². The SMILES string of the molecule is CCCCc1ccc2c(C=C(O)[C@@H](O)[C@@H](O)[C@H](O)[C@H](O)C(O)=Cc3cccc4cc(CCCC)ccc34)cccc2c1. The Morgan fingerprint density at radius 2 is 1.00 bits per heavy atom. The molecule has 222 valence electrons. The molecule has 0 spiro atoms. The van der Waals surface area contributed by atoms with Gasteiger partial charge in [0.05, 0.1) is 0 Å². The molecule has 0 bridgehead atoms. The van der Waals surface area contributed by atoms with Gasteiger partial charge in [-0.2, -0.15) is 0 Å². The minimum atomic E-state index is -1.98. The summed E-state index contributed by atoms with van der Waals surface area (Å²) in [6.45, 7) is 4.29. The van der Waals surface area contributed by atoms with Gasteiger partial charge in [-0.1, -0.05) is 99.5 Å².